The Bertz CT molecular complexity index is 922. The largest absolute Gasteiger partial charge is 0.494 e. The molecule has 0 bridgehead atoms. The number of hydrogen-bond donors (Lipinski definition) is 1. The minimum atomic E-state index is -0.291. The molecule has 0 unspecified atom stereocenters. The van der Waals surface area contributed by atoms with Gasteiger partial charge in [-0.05, 0) is 49.2 Å². The Hall–Kier alpha value is -3.09. The number of aromatic nitrogens is 3. The summed E-state index contributed by atoms with van der Waals surface area (Å²) in [4.78, 5) is 12.6. The first-order valence-electron chi connectivity index (χ1n) is 8.23. The van der Waals surface area contributed by atoms with Crippen LogP contribution in [-0.4, -0.2) is 33.7 Å². The number of hydrogen-bond acceptors (Lipinski definition) is 5. The molecule has 1 aromatic carbocycles. The molecule has 1 aliphatic heterocycles. The zero-order chi connectivity index (χ0) is 17.2. The van der Waals surface area contributed by atoms with Gasteiger partial charge in [-0.1, -0.05) is 6.07 Å². The van der Waals surface area contributed by atoms with Crippen molar-refractivity contribution in [1.29, 1.82) is 0 Å². The van der Waals surface area contributed by atoms with Gasteiger partial charge in [0, 0.05) is 6.20 Å². The highest BCUT2D eigenvalue weighted by Gasteiger charge is 2.27. The van der Waals surface area contributed by atoms with Crippen molar-refractivity contribution in [3.05, 3.63) is 48.2 Å². The number of carbonyl (C=O) groups is 1. The van der Waals surface area contributed by atoms with E-state index in [0.29, 0.717) is 31.2 Å². The van der Waals surface area contributed by atoms with Gasteiger partial charge in [-0.25, -0.2) is 0 Å². The lowest BCUT2D eigenvalue weighted by molar-refractivity contribution is -0.121. The number of anilines is 1. The molecule has 128 valence electrons. The quantitative estimate of drug-likeness (QED) is 0.790. The lowest BCUT2D eigenvalue weighted by Gasteiger charge is -2.24. The van der Waals surface area contributed by atoms with E-state index in [1.54, 1.807) is 4.40 Å². The summed E-state index contributed by atoms with van der Waals surface area (Å²) in [5.74, 6) is 1.58. The predicted molar refractivity (Wildman–Crippen MR) is 91.9 cm³/mol. The van der Waals surface area contributed by atoms with Gasteiger partial charge in [-0.15, -0.1) is 10.2 Å². The molecule has 7 nitrogen and oxygen atoms in total. The molecule has 3 heterocycles. The minimum Gasteiger partial charge on any atom is -0.494 e. The van der Waals surface area contributed by atoms with Crippen LogP contribution >= 0.6 is 0 Å². The van der Waals surface area contributed by atoms with Crippen molar-refractivity contribution in [3.8, 4) is 11.5 Å². The second-order valence-corrected chi connectivity index (χ2v) is 5.86. The van der Waals surface area contributed by atoms with Crippen molar-refractivity contribution >= 4 is 17.5 Å². The number of rotatable bonds is 4. The fraction of sp³-hybridized carbons (Fsp3) is 0.278. The van der Waals surface area contributed by atoms with E-state index in [1.807, 2.05) is 49.5 Å². The van der Waals surface area contributed by atoms with E-state index in [-0.39, 0.29) is 11.8 Å². The molecule has 1 amide bonds. The summed E-state index contributed by atoms with van der Waals surface area (Å²) in [6, 6.07) is 11.3. The molecule has 1 atom stereocenters. The van der Waals surface area contributed by atoms with Crippen LogP contribution in [0.2, 0.25) is 0 Å². The standard InChI is InChI=1S/C18H18N4O3/c1-2-24-14-6-7-15-12(10-14)9-13(11-25-15)17(23)19-18-21-20-16-5-3-4-8-22(16)18/h3-8,10,13H,2,9,11H2,1H3,(H,19,21,23)/t13-/m0/s1. The van der Waals surface area contributed by atoms with Crippen LogP contribution in [0, 0.1) is 5.92 Å². The van der Waals surface area contributed by atoms with E-state index in [1.165, 1.54) is 0 Å². The van der Waals surface area contributed by atoms with Gasteiger partial charge in [0.25, 0.3) is 0 Å². The second-order valence-electron chi connectivity index (χ2n) is 5.86. The first-order chi connectivity index (χ1) is 12.2. The lowest BCUT2D eigenvalue weighted by Crippen LogP contribution is -2.33. The third-order valence-electron chi connectivity index (χ3n) is 4.17. The Morgan fingerprint density at radius 2 is 2.28 bits per heavy atom. The molecular weight excluding hydrogens is 320 g/mol. The van der Waals surface area contributed by atoms with Crippen molar-refractivity contribution < 1.29 is 14.3 Å². The SMILES string of the molecule is CCOc1ccc2c(c1)C[C@H](C(=O)Nc1nnc3ccccn13)CO2. The molecule has 0 fully saturated rings. The van der Waals surface area contributed by atoms with E-state index in [9.17, 15) is 4.79 Å². The van der Waals surface area contributed by atoms with Crippen LogP contribution in [0.1, 0.15) is 12.5 Å². The molecule has 1 N–H and O–H groups in total. The first kappa shape index (κ1) is 15.4. The van der Waals surface area contributed by atoms with Crippen LogP contribution in [0.4, 0.5) is 5.95 Å². The maximum atomic E-state index is 12.6. The molecule has 4 rings (SSSR count). The molecular formula is C18H18N4O3. The highest BCUT2D eigenvalue weighted by molar-refractivity contribution is 5.91. The summed E-state index contributed by atoms with van der Waals surface area (Å²) < 4.78 is 13.0. The van der Waals surface area contributed by atoms with E-state index in [2.05, 4.69) is 15.5 Å². The molecule has 0 saturated carbocycles. The average molecular weight is 338 g/mol. The van der Waals surface area contributed by atoms with Gasteiger partial charge >= 0.3 is 0 Å². The molecule has 0 saturated heterocycles. The van der Waals surface area contributed by atoms with E-state index >= 15 is 0 Å². The fourth-order valence-corrected chi connectivity index (χ4v) is 2.93. The number of nitrogens with one attached hydrogen (secondary N) is 1. The first-order valence-corrected chi connectivity index (χ1v) is 8.23. The van der Waals surface area contributed by atoms with Gasteiger partial charge in [0.15, 0.2) is 5.65 Å². The molecule has 2 aromatic heterocycles. The number of nitrogens with zero attached hydrogens (tertiary/aromatic N) is 3. The maximum Gasteiger partial charge on any atom is 0.235 e. The predicted octanol–water partition coefficient (Wildman–Crippen LogP) is 2.32. The average Bonchev–Trinajstić information content (AvgIpc) is 3.04. The molecule has 3 aromatic rings. The van der Waals surface area contributed by atoms with Gasteiger partial charge < -0.3 is 9.47 Å². The topological polar surface area (TPSA) is 77.8 Å². The molecule has 0 radical (unpaired) electrons. The van der Waals surface area contributed by atoms with Gasteiger partial charge in [0.1, 0.15) is 18.1 Å². The number of amides is 1. The Morgan fingerprint density at radius 3 is 3.16 bits per heavy atom. The van der Waals surface area contributed by atoms with Crippen molar-refractivity contribution in [1.82, 2.24) is 14.6 Å². The Labute approximate surface area is 144 Å². The van der Waals surface area contributed by atoms with E-state index in [4.69, 9.17) is 9.47 Å². The van der Waals surface area contributed by atoms with Crippen molar-refractivity contribution in [3.63, 3.8) is 0 Å². The maximum absolute atomic E-state index is 12.6. The minimum absolute atomic E-state index is 0.134. The summed E-state index contributed by atoms with van der Waals surface area (Å²) in [7, 11) is 0. The van der Waals surface area contributed by atoms with Gasteiger partial charge in [-0.2, -0.15) is 0 Å². The Balaban J connectivity index is 1.51. The van der Waals surface area contributed by atoms with Crippen LogP contribution in [0.5, 0.6) is 11.5 Å². The zero-order valence-electron chi connectivity index (χ0n) is 13.8. The smallest absolute Gasteiger partial charge is 0.235 e. The molecule has 0 aliphatic carbocycles. The van der Waals surface area contributed by atoms with Gasteiger partial charge in [-0.3, -0.25) is 14.5 Å². The molecule has 0 spiro atoms. The molecule has 25 heavy (non-hydrogen) atoms. The van der Waals surface area contributed by atoms with Crippen LogP contribution in [0.25, 0.3) is 5.65 Å². The Kier molecular flexibility index (Phi) is 3.97. The number of carbonyl (C=O) groups excluding carboxylic acids is 1. The summed E-state index contributed by atoms with van der Waals surface area (Å²) in [6.07, 6.45) is 2.41. The van der Waals surface area contributed by atoms with Crippen molar-refractivity contribution in [2.75, 3.05) is 18.5 Å². The van der Waals surface area contributed by atoms with Crippen LogP contribution in [0.3, 0.4) is 0 Å². The van der Waals surface area contributed by atoms with Crippen LogP contribution < -0.4 is 14.8 Å². The number of pyridine rings is 1. The van der Waals surface area contributed by atoms with Gasteiger partial charge in [0.2, 0.25) is 11.9 Å². The fourth-order valence-electron chi connectivity index (χ4n) is 2.93. The number of ether oxygens (including phenoxy) is 2. The normalized spacial score (nSPS) is 16.1. The second kappa shape index (κ2) is 6.43. The summed E-state index contributed by atoms with van der Waals surface area (Å²) in [6.45, 7) is 2.88. The summed E-state index contributed by atoms with van der Waals surface area (Å²) in [5.41, 5.74) is 1.66. The third kappa shape index (κ3) is 3.00. The molecule has 1 aliphatic rings. The van der Waals surface area contributed by atoms with Gasteiger partial charge in [0.05, 0.1) is 12.5 Å². The highest BCUT2D eigenvalue weighted by Crippen LogP contribution is 2.31. The monoisotopic (exact) mass is 338 g/mol. The van der Waals surface area contributed by atoms with E-state index < -0.39 is 0 Å². The van der Waals surface area contributed by atoms with Crippen molar-refractivity contribution in [2.45, 2.75) is 13.3 Å². The number of fused-ring (bicyclic) bond motifs is 2. The number of benzene rings is 1. The summed E-state index contributed by atoms with van der Waals surface area (Å²) in [5, 5.41) is 10.9. The highest BCUT2D eigenvalue weighted by atomic mass is 16.5. The lowest BCUT2D eigenvalue weighted by atomic mass is 9.96. The van der Waals surface area contributed by atoms with Crippen molar-refractivity contribution in [2.24, 2.45) is 5.92 Å². The molecule has 7 heteroatoms. The third-order valence-corrected chi connectivity index (χ3v) is 4.17. The summed E-state index contributed by atoms with van der Waals surface area (Å²) >= 11 is 0. The van der Waals surface area contributed by atoms with Crippen LogP contribution in [-0.2, 0) is 11.2 Å². The van der Waals surface area contributed by atoms with E-state index in [0.717, 1.165) is 17.1 Å². The Morgan fingerprint density at radius 1 is 1.36 bits per heavy atom. The van der Waals surface area contributed by atoms with Crippen LogP contribution in [0.15, 0.2) is 42.6 Å². The zero-order valence-corrected chi connectivity index (χ0v) is 13.8.